The van der Waals surface area contributed by atoms with Gasteiger partial charge in [0.2, 0.25) is 5.91 Å². The van der Waals surface area contributed by atoms with Crippen molar-refractivity contribution < 1.29 is 23.0 Å². The number of hydrogen-bond acceptors (Lipinski definition) is 6. The van der Waals surface area contributed by atoms with Crippen LogP contribution < -0.4 is 15.0 Å². The molecule has 202 valence electrons. The fraction of sp³-hybridized carbons (Fsp3) is 0.444. The van der Waals surface area contributed by atoms with Gasteiger partial charge in [0.1, 0.15) is 6.04 Å². The summed E-state index contributed by atoms with van der Waals surface area (Å²) in [6, 6.07) is 4.05. The number of benzene rings is 1. The number of methoxy groups -OCH3 is 2. The summed E-state index contributed by atoms with van der Waals surface area (Å²) in [7, 11) is 4.70. The molecule has 8 nitrogen and oxygen atoms in total. The Morgan fingerprint density at radius 2 is 1.78 bits per heavy atom. The maximum Gasteiger partial charge on any atom is 0.249 e. The Hall–Kier alpha value is -3.53. The van der Waals surface area contributed by atoms with Gasteiger partial charge in [0, 0.05) is 26.0 Å². The first-order chi connectivity index (χ1) is 16.7. The van der Waals surface area contributed by atoms with Crippen LogP contribution in [0.15, 0.2) is 30.6 Å². The molecule has 1 amide bonds. The van der Waals surface area contributed by atoms with E-state index < -0.39 is 23.4 Å². The number of pyridine rings is 1. The topological polar surface area (TPSA) is 81.5 Å². The summed E-state index contributed by atoms with van der Waals surface area (Å²) in [6.07, 6.45) is 4.67. The number of amides is 1. The molecule has 10 heteroatoms. The number of fused-ring (bicyclic) bond motifs is 1. The van der Waals surface area contributed by atoms with Gasteiger partial charge >= 0.3 is 0 Å². The first-order valence-electron chi connectivity index (χ1n) is 11.3. The van der Waals surface area contributed by atoms with Crippen LogP contribution in [0.2, 0.25) is 0 Å². The molecule has 3 heterocycles. The number of carbonyl (C=O) groups is 1. The number of hydrogen-bond donors (Lipinski definition) is 1. The predicted molar refractivity (Wildman–Crippen MR) is 141 cm³/mol. The van der Waals surface area contributed by atoms with Crippen molar-refractivity contribution in [2.24, 2.45) is 0 Å². The molecule has 3 aromatic rings. The van der Waals surface area contributed by atoms with Crippen LogP contribution in [0.1, 0.15) is 44.3 Å². The number of nitrogens with zero attached hydrogens (tertiary/aromatic N) is 4. The first kappa shape index (κ1) is 29.7. The highest BCUT2D eigenvalue weighted by atomic mass is 19.1. The van der Waals surface area contributed by atoms with Gasteiger partial charge < -0.3 is 19.7 Å². The van der Waals surface area contributed by atoms with E-state index in [1.54, 1.807) is 18.0 Å². The molecular weight excluding hydrogens is 480 g/mol. The highest BCUT2D eigenvalue weighted by Gasteiger charge is 2.36. The Labute approximate surface area is 217 Å². The van der Waals surface area contributed by atoms with Gasteiger partial charge in [-0.05, 0) is 56.0 Å². The van der Waals surface area contributed by atoms with E-state index in [0.717, 1.165) is 22.6 Å². The molecule has 0 saturated heterocycles. The molecule has 4 rings (SSSR count). The van der Waals surface area contributed by atoms with Gasteiger partial charge in [0.15, 0.2) is 17.4 Å². The Morgan fingerprint density at radius 3 is 2.41 bits per heavy atom. The van der Waals surface area contributed by atoms with Gasteiger partial charge in [-0.3, -0.25) is 14.5 Å². The van der Waals surface area contributed by atoms with Crippen molar-refractivity contribution in [2.45, 2.75) is 60.2 Å². The number of halogens is 2. The Bertz CT molecular complexity index is 1220. The van der Waals surface area contributed by atoms with Crippen LogP contribution in [0.4, 0.5) is 20.2 Å². The smallest absolute Gasteiger partial charge is 0.249 e. The molecule has 0 saturated carbocycles. The summed E-state index contributed by atoms with van der Waals surface area (Å²) in [5.41, 5.74) is 4.69. The zero-order chi connectivity index (χ0) is 25.3. The zero-order valence-electron chi connectivity index (χ0n) is 20.4. The summed E-state index contributed by atoms with van der Waals surface area (Å²) in [4.78, 5) is 19.2. The summed E-state index contributed by atoms with van der Waals surface area (Å²) in [5, 5.41) is 7.29. The fourth-order valence-corrected chi connectivity index (χ4v) is 4.44. The van der Waals surface area contributed by atoms with E-state index >= 15 is 0 Å². The van der Waals surface area contributed by atoms with Crippen LogP contribution in [0.25, 0.3) is 0 Å². The molecule has 0 radical (unpaired) electrons. The molecule has 0 bridgehead atoms. The van der Waals surface area contributed by atoms with Crippen LogP contribution in [-0.4, -0.2) is 54.1 Å². The standard InChI is InChI=1S/C25H29F2N5O3.2CH4/c1-14-22-21(31(3)23(15(2)34-4)25(33)30-22)10-18(29-14)7-6-16-11-28-32(12-16)13-17-8-19(26)24(35-5)20(27)9-17;;/h8-12,15,23H,6-7,13H2,1-5H3,(H,30,33);2*1H4/t15-,23+;;/m1../s1. The number of carbonyl (C=O) groups excluding carboxylic acids is 1. The van der Waals surface area contributed by atoms with E-state index in [0.29, 0.717) is 24.1 Å². The number of aryl methyl sites for hydroxylation is 3. The number of anilines is 2. The second-order valence-corrected chi connectivity index (χ2v) is 8.72. The van der Waals surface area contributed by atoms with Crippen LogP contribution in [0.3, 0.4) is 0 Å². The molecule has 1 aliphatic rings. The van der Waals surface area contributed by atoms with Gasteiger partial charge in [0.05, 0.1) is 43.0 Å². The lowest BCUT2D eigenvalue weighted by Crippen LogP contribution is -2.52. The third-order valence-corrected chi connectivity index (χ3v) is 6.33. The molecule has 2 aromatic heterocycles. The van der Waals surface area contributed by atoms with Gasteiger partial charge in [-0.25, -0.2) is 8.78 Å². The third-order valence-electron chi connectivity index (χ3n) is 6.33. The van der Waals surface area contributed by atoms with Crippen molar-refractivity contribution in [3.63, 3.8) is 0 Å². The average molecular weight is 518 g/mol. The molecule has 2 atom stereocenters. The number of nitrogens with one attached hydrogen (secondary N) is 1. The number of rotatable bonds is 8. The fourth-order valence-electron chi connectivity index (χ4n) is 4.44. The maximum absolute atomic E-state index is 14.0. The molecule has 1 N–H and O–H groups in total. The second kappa shape index (κ2) is 12.1. The van der Waals surface area contributed by atoms with Crippen molar-refractivity contribution in [1.29, 1.82) is 0 Å². The van der Waals surface area contributed by atoms with Crippen molar-refractivity contribution in [2.75, 3.05) is 31.5 Å². The Morgan fingerprint density at radius 1 is 1.11 bits per heavy atom. The summed E-state index contributed by atoms with van der Waals surface area (Å²) in [6.45, 7) is 3.98. The van der Waals surface area contributed by atoms with Crippen LogP contribution in [-0.2, 0) is 28.9 Å². The molecule has 1 aromatic carbocycles. The van der Waals surface area contributed by atoms with E-state index in [-0.39, 0.29) is 33.4 Å². The monoisotopic (exact) mass is 517 g/mol. The van der Waals surface area contributed by atoms with Gasteiger partial charge in [-0.1, -0.05) is 14.9 Å². The lowest BCUT2D eigenvalue weighted by atomic mass is 10.0. The summed E-state index contributed by atoms with van der Waals surface area (Å²) < 4.78 is 39.7. The SMILES string of the molecule is C.C.COc1c(F)cc(Cn2cc(CCc3cc4c(c(C)n3)NC(=O)[C@H]([C@@H](C)OC)N4C)cn2)cc1F. The first-order valence-corrected chi connectivity index (χ1v) is 11.3. The van der Waals surface area contributed by atoms with Crippen molar-refractivity contribution in [3.05, 3.63) is 64.7 Å². The van der Waals surface area contributed by atoms with Crippen LogP contribution in [0, 0.1) is 18.6 Å². The average Bonchev–Trinajstić information content (AvgIpc) is 3.25. The quantitative estimate of drug-likeness (QED) is 0.464. The van der Waals surface area contributed by atoms with Crippen molar-refractivity contribution in [3.8, 4) is 5.75 Å². The second-order valence-electron chi connectivity index (χ2n) is 8.72. The summed E-state index contributed by atoms with van der Waals surface area (Å²) in [5.74, 6) is -1.99. The normalized spacial score (nSPS) is 15.3. The molecule has 0 unspecified atom stereocenters. The van der Waals surface area contributed by atoms with Gasteiger partial charge in [-0.2, -0.15) is 5.10 Å². The van der Waals surface area contributed by atoms with Gasteiger partial charge in [0.25, 0.3) is 0 Å². The zero-order valence-corrected chi connectivity index (χ0v) is 20.4. The minimum Gasteiger partial charge on any atom is -0.491 e. The Kier molecular flexibility index (Phi) is 9.74. The van der Waals surface area contributed by atoms with E-state index in [9.17, 15) is 13.6 Å². The molecule has 0 spiro atoms. The molecule has 37 heavy (non-hydrogen) atoms. The van der Waals surface area contributed by atoms with E-state index in [2.05, 4.69) is 15.4 Å². The summed E-state index contributed by atoms with van der Waals surface area (Å²) >= 11 is 0. The van der Waals surface area contributed by atoms with Crippen LogP contribution >= 0.6 is 0 Å². The molecule has 1 aliphatic heterocycles. The van der Waals surface area contributed by atoms with E-state index in [1.807, 2.05) is 38.1 Å². The number of ether oxygens (including phenoxy) is 2. The van der Waals surface area contributed by atoms with E-state index in [4.69, 9.17) is 9.47 Å². The van der Waals surface area contributed by atoms with Crippen molar-refractivity contribution >= 4 is 17.3 Å². The largest absolute Gasteiger partial charge is 0.491 e. The maximum atomic E-state index is 14.0. The Balaban J connectivity index is 0.00000241. The van der Waals surface area contributed by atoms with Crippen LogP contribution in [0.5, 0.6) is 5.75 Å². The lowest BCUT2D eigenvalue weighted by molar-refractivity contribution is -0.120. The van der Waals surface area contributed by atoms with Crippen molar-refractivity contribution in [1.82, 2.24) is 14.8 Å². The number of likely N-dealkylation sites (N-methyl/N-ethyl adjacent to an activating group) is 1. The highest BCUT2D eigenvalue weighted by molar-refractivity contribution is 6.04. The lowest BCUT2D eigenvalue weighted by Gasteiger charge is -2.38. The molecule has 0 fully saturated rings. The van der Waals surface area contributed by atoms with Gasteiger partial charge in [-0.15, -0.1) is 0 Å². The molecule has 0 aliphatic carbocycles. The predicted octanol–water partition coefficient (Wildman–Crippen LogP) is 4.77. The minimum atomic E-state index is -0.743. The minimum absolute atomic E-state index is 0. The molecular formula is C27H37F2N5O3. The number of aromatic nitrogens is 3. The highest BCUT2D eigenvalue weighted by Crippen LogP contribution is 2.35. The third kappa shape index (κ3) is 6.07. The van der Waals surface area contributed by atoms with E-state index in [1.165, 1.54) is 19.2 Å².